The third-order valence-corrected chi connectivity index (χ3v) is 7.29. The Morgan fingerprint density at radius 3 is 2.59 bits per heavy atom. The van der Waals surface area contributed by atoms with Crippen molar-refractivity contribution in [1.82, 2.24) is 19.4 Å². The van der Waals surface area contributed by atoms with Gasteiger partial charge in [-0.2, -0.15) is 0 Å². The SMILES string of the molecule is CN(CCOCCc1ccc2c(c1)n(C)c(=O)n2C1CCC(=O)NC1=O)CC1CCC(N)CC1. The van der Waals surface area contributed by atoms with Crippen LogP contribution in [0.3, 0.4) is 0 Å². The number of nitrogens with two attached hydrogens (primary N) is 1. The lowest BCUT2D eigenvalue weighted by Crippen LogP contribution is -2.44. The fourth-order valence-electron chi connectivity index (χ4n) is 5.21. The lowest BCUT2D eigenvalue weighted by Gasteiger charge is -2.29. The molecule has 0 radical (unpaired) electrons. The molecule has 1 aliphatic carbocycles. The van der Waals surface area contributed by atoms with E-state index in [0.717, 1.165) is 49.4 Å². The summed E-state index contributed by atoms with van der Waals surface area (Å²) in [6.07, 6.45) is 6.05. The predicted octanol–water partition coefficient (Wildman–Crippen LogP) is 1.33. The highest BCUT2D eigenvalue weighted by Crippen LogP contribution is 2.25. The topological polar surface area (TPSA) is 112 Å². The van der Waals surface area contributed by atoms with Crippen LogP contribution in [0.25, 0.3) is 11.0 Å². The fourth-order valence-corrected chi connectivity index (χ4v) is 5.21. The van der Waals surface area contributed by atoms with Crippen molar-refractivity contribution in [2.24, 2.45) is 18.7 Å². The first-order valence-corrected chi connectivity index (χ1v) is 12.4. The summed E-state index contributed by atoms with van der Waals surface area (Å²) in [6, 6.07) is 5.59. The Kier molecular flexibility index (Phi) is 7.85. The summed E-state index contributed by atoms with van der Waals surface area (Å²) < 4.78 is 8.96. The molecular formula is C25H37N5O4. The van der Waals surface area contributed by atoms with Crippen LogP contribution < -0.4 is 16.7 Å². The number of rotatable bonds is 9. The molecule has 2 fully saturated rings. The average molecular weight is 472 g/mol. The van der Waals surface area contributed by atoms with Crippen LogP contribution in [0.5, 0.6) is 0 Å². The number of hydrogen-bond donors (Lipinski definition) is 2. The molecule has 2 aromatic rings. The number of imide groups is 1. The van der Waals surface area contributed by atoms with E-state index in [0.29, 0.717) is 31.2 Å². The van der Waals surface area contributed by atoms with E-state index < -0.39 is 11.9 Å². The highest BCUT2D eigenvalue weighted by atomic mass is 16.5. The van der Waals surface area contributed by atoms with E-state index in [1.807, 2.05) is 18.2 Å². The molecule has 1 aromatic carbocycles. The van der Waals surface area contributed by atoms with Crippen molar-refractivity contribution < 1.29 is 14.3 Å². The highest BCUT2D eigenvalue weighted by molar-refractivity contribution is 6.00. The Labute approximate surface area is 200 Å². The van der Waals surface area contributed by atoms with Crippen molar-refractivity contribution in [1.29, 1.82) is 0 Å². The number of piperidine rings is 1. The number of ether oxygens (including phenoxy) is 1. The number of nitrogens with one attached hydrogen (secondary N) is 1. The number of amides is 2. The van der Waals surface area contributed by atoms with Crippen molar-refractivity contribution in [2.45, 2.75) is 57.0 Å². The van der Waals surface area contributed by atoms with Crippen LogP contribution in [-0.4, -0.2) is 65.2 Å². The van der Waals surface area contributed by atoms with Gasteiger partial charge in [-0.05, 0) is 69.2 Å². The highest BCUT2D eigenvalue weighted by Gasteiger charge is 2.31. The molecule has 1 aromatic heterocycles. The molecular weight excluding hydrogens is 434 g/mol. The van der Waals surface area contributed by atoms with Gasteiger partial charge in [0.05, 0.1) is 24.2 Å². The van der Waals surface area contributed by atoms with Crippen molar-refractivity contribution in [3.63, 3.8) is 0 Å². The molecule has 0 bridgehead atoms. The van der Waals surface area contributed by atoms with Gasteiger partial charge in [-0.15, -0.1) is 0 Å². The number of imidazole rings is 1. The van der Waals surface area contributed by atoms with Gasteiger partial charge in [0.15, 0.2) is 0 Å². The first-order chi connectivity index (χ1) is 16.3. The summed E-state index contributed by atoms with van der Waals surface area (Å²) in [5.74, 6) is 0.0396. The fraction of sp³-hybridized carbons (Fsp3) is 0.640. The Morgan fingerprint density at radius 1 is 1.09 bits per heavy atom. The number of carbonyl (C=O) groups is 2. The molecule has 4 rings (SSSR count). The van der Waals surface area contributed by atoms with Gasteiger partial charge in [0.25, 0.3) is 0 Å². The van der Waals surface area contributed by atoms with E-state index in [4.69, 9.17) is 10.5 Å². The number of aromatic nitrogens is 2. The molecule has 2 heterocycles. The molecule has 1 saturated carbocycles. The minimum Gasteiger partial charge on any atom is -0.380 e. The zero-order valence-corrected chi connectivity index (χ0v) is 20.3. The third kappa shape index (κ3) is 5.59. The Morgan fingerprint density at radius 2 is 1.85 bits per heavy atom. The number of benzene rings is 1. The van der Waals surface area contributed by atoms with Crippen molar-refractivity contribution in [3.05, 3.63) is 34.2 Å². The van der Waals surface area contributed by atoms with Crippen LogP contribution in [0.4, 0.5) is 0 Å². The summed E-state index contributed by atoms with van der Waals surface area (Å²) in [7, 11) is 3.86. The van der Waals surface area contributed by atoms with Crippen LogP contribution in [0.1, 0.15) is 50.1 Å². The van der Waals surface area contributed by atoms with Gasteiger partial charge in [-0.25, -0.2) is 4.79 Å². The molecule has 2 aliphatic rings. The summed E-state index contributed by atoms with van der Waals surface area (Å²) in [4.78, 5) is 39.0. The molecule has 9 heteroatoms. The van der Waals surface area contributed by atoms with Crippen molar-refractivity contribution in [3.8, 4) is 0 Å². The summed E-state index contributed by atoms with van der Waals surface area (Å²) in [6.45, 7) is 3.31. The maximum Gasteiger partial charge on any atom is 0.329 e. The van der Waals surface area contributed by atoms with Gasteiger partial charge in [0, 0.05) is 32.6 Å². The predicted molar refractivity (Wildman–Crippen MR) is 131 cm³/mol. The minimum atomic E-state index is -0.662. The third-order valence-electron chi connectivity index (χ3n) is 7.29. The quantitative estimate of drug-likeness (QED) is 0.422. The zero-order valence-electron chi connectivity index (χ0n) is 20.3. The molecule has 1 aliphatic heterocycles. The average Bonchev–Trinajstić information content (AvgIpc) is 3.05. The Balaban J connectivity index is 1.29. The first-order valence-electron chi connectivity index (χ1n) is 12.4. The monoisotopic (exact) mass is 471 g/mol. The van der Waals surface area contributed by atoms with E-state index in [-0.39, 0.29) is 18.0 Å². The molecule has 1 atom stereocenters. The van der Waals surface area contributed by atoms with Gasteiger partial charge in [0.1, 0.15) is 6.04 Å². The van der Waals surface area contributed by atoms with Crippen LogP contribution in [0, 0.1) is 5.92 Å². The van der Waals surface area contributed by atoms with Gasteiger partial charge >= 0.3 is 5.69 Å². The number of hydrogen-bond acceptors (Lipinski definition) is 6. The molecule has 2 amide bonds. The van der Waals surface area contributed by atoms with Crippen LogP contribution in [-0.2, 0) is 27.8 Å². The molecule has 1 saturated heterocycles. The van der Waals surface area contributed by atoms with E-state index in [2.05, 4.69) is 17.3 Å². The number of nitrogens with zero attached hydrogens (tertiary/aromatic N) is 3. The largest absolute Gasteiger partial charge is 0.380 e. The first kappa shape index (κ1) is 24.6. The molecule has 9 nitrogen and oxygen atoms in total. The summed E-state index contributed by atoms with van der Waals surface area (Å²) in [5.41, 5.74) is 8.31. The standard InChI is InChI=1S/C25H37N5O4/c1-28(16-18-3-6-19(26)7-4-18)12-14-34-13-11-17-5-8-20-22(15-17)29(2)25(33)30(20)21-9-10-23(31)27-24(21)32/h5,8,15,18-19,21H,3-4,6-7,9-14,16,26H2,1-2H3,(H,27,31,32). The lowest BCUT2D eigenvalue weighted by atomic mass is 9.86. The minimum absolute atomic E-state index is 0.235. The number of carbonyl (C=O) groups excluding carboxylic acids is 2. The van der Waals surface area contributed by atoms with Gasteiger partial charge in [0.2, 0.25) is 11.8 Å². The number of fused-ring (bicyclic) bond motifs is 1. The Bertz CT molecular complexity index is 1080. The second-order valence-electron chi connectivity index (χ2n) is 9.91. The summed E-state index contributed by atoms with van der Waals surface area (Å²) >= 11 is 0. The molecule has 3 N–H and O–H groups in total. The van der Waals surface area contributed by atoms with Crippen molar-refractivity contribution >= 4 is 22.8 Å². The van der Waals surface area contributed by atoms with E-state index in [1.165, 1.54) is 17.4 Å². The Hall–Kier alpha value is -2.49. The van der Waals surface area contributed by atoms with E-state index in [9.17, 15) is 14.4 Å². The molecule has 1 unspecified atom stereocenters. The van der Waals surface area contributed by atoms with Crippen molar-refractivity contribution in [2.75, 3.05) is 33.4 Å². The number of likely N-dealkylation sites (N-methyl/N-ethyl adjacent to an activating group) is 1. The maximum atomic E-state index is 12.9. The number of aryl methyl sites for hydroxylation is 1. The molecule has 34 heavy (non-hydrogen) atoms. The van der Waals surface area contributed by atoms with Crippen LogP contribution in [0.2, 0.25) is 0 Å². The summed E-state index contributed by atoms with van der Waals surface area (Å²) in [5, 5.41) is 2.34. The smallest absolute Gasteiger partial charge is 0.329 e. The zero-order chi connectivity index (χ0) is 24.2. The molecule has 0 spiro atoms. The second kappa shape index (κ2) is 10.8. The van der Waals surface area contributed by atoms with Gasteiger partial charge in [-0.1, -0.05) is 6.07 Å². The second-order valence-corrected chi connectivity index (χ2v) is 9.91. The normalized spacial score (nSPS) is 23.6. The van der Waals surface area contributed by atoms with E-state index >= 15 is 0 Å². The van der Waals surface area contributed by atoms with Gasteiger partial charge < -0.3 is 15.4 Å². The lowest BCUT2D eigenvalue weighted by molar-refractivity contribution is -0.135. The van der Waals surface area contributed by atoms with Crippen LogP contribution >= 0.6 is 0 Å². The van der Waals surface area contributed by atoms with Gasteiger partial charge in [-0.3, -0.25) is 24.0 Å². The van der Waals surface area contributed by atoms with Crippen LogP contribution in [0.15, 0.2) is 23.0 Å². The maximum absolute atomic E-state index is 12.9. The molecule has 186 valence electrons. The van der Waals surface area contributed by atoms with E-state index in [1.54, 1.807) is 11.6 Å².